The summed E-state index contributed by atoms with van der Waals surface area (Å²) in [4.78, 5) is 25.6. The SMILES string of the molecule is COc1cc(C(=O)OC(=O)CCC(C)C2CCC3[C@@H]4CC[C@@H]5C[C@H](O)CC[C@]5(C)[C@H]4C[C@H](O)[C@]23C)cc(OC)c1OC. The molecule has 1 aromatic carbocycles. The summed E-state index contributed by atoms with van der Waals surface area (Å²) < 4.78 is 21.1. The molecular weight excluding hydrogens is 536 g/mol. The molecular formula is C34H50O8. The van der Waals surface area contributed by atoms with Crippen molar-refractivity contribution in [3.63, 3.8) is 0 Å². The Hall–Kier alpha value is -2.32. The van der Waals surface area contributed by atoms with E-state index in [2.05, 4.69) is 20.8 Å². The molecule has 42 heavy (non-hydrogen) atoms. The number of rotatable bonds is 8. The molecule has 4 fully saturated rings. The molecule has 2 N–H and O–H groups in total. The monoisotopic (exact) mass is 586 g/mol. The summed E-state index contributed by atoms with van der Waals surface area (Å²) in [5.41, 5.74) is 0.184. The number of esters is 2. The van der Waals surface area contributed by atoms with Crippen molar-refractivity contribution in [1.29, 1.82) is 0 Å². The number of methoxy groups -OCH3 is 3. The van der Waals surface area contributed by atoms with Gasteiger partial charge in [-0.05, 0) is 116 Å². The third kappa shape index (κ3) is 5.21. The van der Waals surface area contributed by atoms with Crippen LogP contribution in [0.3, 0.4) is 0 Å². The summed E-state index contributed by atoms with van der Waals surface area (Å²) in [5.74, 6) is 2.37. The van der Waals surface area contributed by atoms with Crippen molar-refractivity contribution in [2.75, 3.05) is 21.3 Å². The lowest BCUT2D eigenvalue weighted by Crippen LogP contribution is -2.58. The molecule has 0 bridgehead atoms. The molecule has 3 unspecified atom stereocenters. The van der Waals surface area contributed by atoms with Gasteiger partial charge in [0.15, 0.2) is 11.5 Å². The molecule has 0 radical (unpaired) electrons. The number of aliphatic hydroxyl groups excluding tert-OH is 2. The second-order valence-corrected chi connectivity index (χ2v) is 14.1. The second kappa shape index (κ2) is 12.0. The molecule has 4 saturated carbocycles. The second-order valence-electron chi connectivity index (χ2n) is 14.1. The number of hydrogen-bond donors (Lipinski definition) is 2. The van der Waals surface area contributed by atoms with E-state index in [1.807, 2.05) is 0 Å². The number of ether oxygens (including phenoxy) is 4. The third-order valence-electron chi connectivity index (χ3n) is 12.4. The number of aliphatic hydroxyl groups is 2. The van der Waals surface area contributed by atoms with E-state index < -0.39 is 11.9 Å². The summed E-state index contributed by atoms with van der Waals surface area (Å²) in [6, 6.07) is 2.94. The van der Waals surface area contributed by atoms with Gasteiger partial charge in [0.25, 0.3) is 0 Å². The van der Waals surface area contributed by atoms with Gasteiger partial charge in [-0.2, -0.15) is 0 Å². The lowest BCUT2D eigenvalue weighted by Gasteiger charge is -2.62. The molecule has 1 aromatic rings. The Morgan fingerprint density at radius 2 is 1.62 bits per heavy atom. The van der Waals surface area contributed by atoms with Crippen molar-refractivity contribution >= 4 is 11.9 Å². The van der Waals surface area contributed by atoms with Crippen LogP contribution in [0.2, 0.25) is 0 Å². The van der Waals surface area contributed by atoms with Crippen LogP contribution in [0.15, 0.2) is 12.1 Å². The smallest absolute Gasteiger partial charge is 0.346 e. The summed E-state index contributed by atoms with van der Waals surface area (Å²) in [7, 11) is 4.40. The Bertz CT molecular complexity index is 1140. The largest absolute Gasteiger partial charge is 0.493 e. The Kier molecular flexibility index (Phi) is 8.88. The topological polar surface area (TPSA) is 112 Å². The first-order valence-corrected chi connectivity index (χ1v) is 15.9. The van der Waals surface area contributed by atoms with Crippen molar-refractivity contribution in [3.8, 4) is 17.2 Å². The standard InChI is InChI=1S/C34H50O8/c1-19(7-12-30(37)42-32(38)20-15-27(39-4)31(41-6)28(16-20)40-5)24-10-11-25-23-9-8-21-17-22(35)13-14-33(21,2)26(23)18-29(36)34(24,25)3/h15-16,19,21-26,29,35-36H,7-14,17-18H2,1-6H3/t19?,21-,22-,23+,24?,25?,26+,29+,33+,34-/m1/s1. The average molecular weight is 587 g/mol. The van der Waals surface area contributed by atoms with Crippen LogP contribution in [0, 0.1) is 46.3 Å². The number of carbonyl (C=O) groups excluding carboxylic acids is 2. The van der Waals surface area contributed by atoms with Crippen LogP contribution in [0.4, 0.5) is 0 Å². The first-order valence-electron chi connectivity index (χ1n) is 15.9. The quantitative estimate of drug-likeness (QED) is 0.290. The number of benzene rings is 1. The van der Waals surface area contributed by atoms with E-state index in [0.717, 1.165) is 38.5 Å². The normalized spacial score (nSPS) is 38.0. The number of fused-ring (bicyclic) bond motifs is 5. The van der Waals surface area contributed by atoms with Gasteiger partial charge in [-0.1, -0.05) is 20.8 Å². The molecule has 0 heterocycles. The summed E-state index contributed by atoms with van der Waals surface area (Å²) in [6.07, 6.45) is 8.46. The fourth-order valence-electron chi connectivity index (χ4n) is 10.1. The highest BCUT2D eigenvalue weighted by Gasteiger charge is 2.63. The molecule has 8 nitrogen and oxygen atoms in total. The maximum atomic E-state index is 12.8. The minimum atomic E-state index is -0.757. The zero-order valence-electron chi connectivity index (χ0n) is 26.2. The van der Waals surface area contributed by atoms with Crippen molar-refractivity contribution < 1.29 is 38.7 Å². The van der Waals surface area contributed by atoms with E-state index in [9.17, 15) is 19.8 Å². The number of carbonyl (C=O) groups is 2. The van der Waals surface area contributed by atoms with Gasteiger partial charge in [-0.3, -0.25) is 4.79 Å². The van der Waals surface area contributed by atoms with Crippen LogP contribution in [-0.2, 0) is 9.53 Å². The van der Waals surface area contributed by atoms with Gasteiger partial charge in [0, 0.05) is 6.42 Å². The van der Waals surface area contributed by atoms with E-state index >= 15 is 0 Å². The average Bonchev–Trinajstić information content (AvgIpc) is 3.34. The maximum Gasteiger partial charge on any atom is 0.346 e. The molecule has 4 aliphatic carbocycles. The van der Waals surface area contributed by atoms with Crippen molar-refractivity contribution in [1.82, 2.24) is 0 Å². The molecule has 0 amide bonds. The first-order chi connectivity index (χ1) is 20.0. The molecule has 5 rings (SSSR count). The van der Waals surface area contributed by atoms with Crippen LogP contribution < -0.4 is 14.2 Å². The Labute approximate surface area is 250 Å². The maximum absolute atomic E-state index is 12.8. The minimum absolute atomic E-state index is 0.138. The Balaban J connectivity index is 1.22. The van der Waals surface area contributed by atoms with E-state index in [4.69, 9.17) is 18.9 Å². The molecule has 0 spiro atoms. The molecule has 10 atom stereocenters. The zero-order valence-corrected chi connectivity index (χ0v) is 26.2. The highest BCUT2D eigenvalue weighted by Crippen LogP contribution is 2.68. The van der Waals surface area contributed by atoms with Gasteiger partial charge >= 0.3 is 11.9 Å². The molecule has 4 aliphatic rings. The van der Waals surface area contributed by atoms with Gasteiger partial charge in [0.05, 0.1) is 39.1 Å². The lowest BCUT2D eigenvalue weighted by molar-refractivity contribution is -0.175. The van der Waals surface area contributed by atoms with Gasteiger partial charge in [0.2, 0.25) is 5.75 Å². The molecule has 8 heteroatoms. The van der Waals surface area contributed by atoms with Crippen LogP contribution in [0.5, 0.6) is 17.2 Å². The van der Waals surface area contributed by atoms with Gasteiger partial charge < -0.3 is 29.2 Å². The van der Waals surface area contributed by atoms with E-state index in [0.29, 0.717) is 53.3 Å². The summed E-state index contributed by atoms with van der Waals surface area (Å²) in [5, 5.41) is 22.1. The van der Waals surface area contributed by atoms with Crippen molar-refractivity contribution in [2.24, 2.45) is 46.3 Å². The lowest BCUT2D eigenvalue weighted by atomic mass is 9.43. The summed E-state index contributed by atoms with van der Waals surface area (Å²) in [6.45, 7) is 6.93. The van der Waals surface area contributed by atoms with Crippen molar-refractivity contribution in [2.45, 2.75) is 97.2 Å². The molecule has 234 valence electrons. The van der Waals surface area contributed by atoms with Crippen LogP contribution in [0.25, 0.3) is 0 Å². The van der Waals surface area contributed by atoms with E-state index in [1.54, 1.807) is 0 Å². The van der Waals surface area contributed by atoms with Crippen LogP contribution in [-0.4, -0.2) is 55.7 Å². The zero-order chi connectivity index (χ0) is 30.4. The van der Waals surface area contributed by atoms with Gasteiger partial charge in [-0.15, -0.1) is 0 Å². The van der Waals surface area contributed by atoms with Crippen LogP contribution in [0.1, 0.15) is 95.3 Å². The Morgan fingerprint density at radius 1 is 0.929 bits per heavy atom. The fraction of sp³-hybridized carbons (Fsp3) is 0.765. The van der Waals surface area contributed by atoms with Crippen molar-refractivity contribution in [3.05, 3.63) is 17.7 Å². The molecule has 0 saturated heterocycles. The van der Waals surface area contributed by atoms with E-state index in [-0.39, 0.29) is 40.9 Å². The highest BCUT2D eigenvalue weighted by atomic mass is 16.6. The Morgan fingerprint density at radius 3 is 2.26 bits per heavy atom. The van der Waals surface area contributed by atoms with Crippen LogP contribution >= 0.6 is 0 Å². The van der Waals surface area contributed by atoms with Gasteiger partial charge in [-0.25, -0.2) is 4.79 Å². The third-order valence-corrected chi connectivity index (χ3v) is 12.4. The first kappa shape index (κ1) is 31.1. The number of hydrogen-bond acceptors (Lipinski definition) is 8. The van der Waals surface area contributed by atoms with Gasteiger partial charge in [0.1, 0.15) is 0 Å². The predicted molar refractivity (Wildman–Crippen MR) is 158 cm³/mol. The fourth-order valence-corrected chi connectivity index (χ4v) is 10.1. The highest BCUT2D eigenvalue weighted by molar-refractivity contribution is 5.97. The molecule has 0 aliphatic heterocycles. The minimum Gasteiger partial charge on any atom is -0.493 e. The predicted octanol–water partition coefficient (Wildman–Crippen LogP) is 5.80. The summed E-state index contributed by atoms with van der Waals surface area (Å²) >= 11 is 0. The molecule has 0 aromatic heterocycles. The van der Waals surface area contributed by atoms with E-state index in [1.165, 1.54) is 46.3 Å².